The summed E-state index contributed by atoms with van der Waals surface area (Å²) >= 11 is 0. The Hall–Kier alpha value is -2.58. The van der Waals surface area contributed by atoms with Gasteiger partial charge in [0.1, 0.15) is 19.3 Å². The lowest BCUT2D eigenvalue weighted by molar-refractivity contribution is -0.870. The van der Waals surface area contributed by atoms with Crippen LogP contribution in [0.3, 0.4) is 0 Å². The first-order valence-electron chi connectivity index (χ1n) is 23.0. The number of carbonyl (C=O) groups is 1. The fraction of sp³-hybridized carbons (Fsp3) is 0.660. The average molecular weight is 844 g/mol. The number of hydrogen-bond donors (Lipinski definition) is 0. The highest BCUT2D eigenvalue weighted by atomic mass is 31.2. The molecule has 0 N–H and O–H groups in total. The van der Waals surface area contributed by atoms with E-state index in [4.69, 9.17) is 18.5 Å². The molecule has 0 rings (SSSR count). The van der Waals surface area contributed by atoms with E-state index in [0.717, 1.165) is 64.2 Å². The van der Waals surface area contributed by atoms with Crippen molar-refractivity contribution in [3.63, 3.8) is 0 Å². The molecule has 0 aliphatic rings. The molecule has 0 aromatic rings. The lowest BCUT2D eigenvalue weighted by Crippen LogP contribution is -2.37. The van der Waals surface area contributed by atoms with Crippen molar-refractivity contribution in [3.8, 4) is 0 Å². The summed E-state index contributed by atoms with van der Waals surface area (Å²) in [6.45, 7) is 5.05. The summed E-state index contributed by atoms with van der Waals surface area (Å²) in [7, 11) is 1.30. The van der Waals surface area contributed by atoms with Crippen LogP contribution in [0.4, 0.5) is 0 Å². The van der Waals surface area contributed by atoms with Crippen LogP contribution in [0.1, 0.15) is 155 Å². The molecule has 0 saturated heterocycles. The second kappa shape index (κ2) is 42.1. The van der Waals surface area contributed by atoms with Crippen LogP contribution in [0.15, 0.2) is 97.2 Å². The molecule has 59 heavy (non-hydrogen) atoms. The molecule has 0 amide bonds. The molecule has 0 saturated carbocycles. The third kappa shape index (κ3) is 46.3. The summed E-state index contributed by atoms with van der Waals surface area (Å²) in [5.74, 6) is -0.418. The Labute approximate surface area is 362 Å². The number of ether oxygens (including phenoxy) is 2. The second-order valence-electron chi connectivity index (χ2n) is 16.0. The number of carbonyl (C=O) groups excluding carboxylic acids is 1. The van der Waals surface area contributed by atoms with Crippen LogP contribution in [0.2, 0.25) is 0 Å². The summed E-state index contributed by atoms with van der Waals surface area (Å²) in [6.07, 6.45) is 57.4. The van der Waals surface area contributed by atoms with Crippen molar-refractivity contribution in [1.82, 2.24) is 0 Å². The summed E-state index contributed by atoms with van der Waals surface area (Å²) in [5, 5.41) is 0. The molecule has 0 spiro atoms. The number of hydrogen-bond acceptors (Lipinski definition) is 7. The van der Waals surface area contributed by atoms with Crippen LogP contribution in [0.5, 0.6) is 0 Å². The molecule has 0 radical (unpaired) electrons. The second-order valence-corrected chi connectivity index (χ2v) is 17.4. The molecule has 0 aromatic heterocycles. The van der Waals surface area contributed by atoms with Crippen LogP contribution in [0, 0.1) is 0 Å². The van der Waals surface area contributed by atoms with Gasteiger partial charge in [0.25, 0.3) is 7.82 Å². The summed E-state index contributed by atoms with van der Waals surface area (Å²) in [5.41, 5.74) is 0. The zero-order valence-electron chi connectivity index (χ0n) is 38.2. The van der Waals surface area contributed by atoms with Crippen LogP contribution in [0.25, 0.3) is 0 Å². The van der Waals surface area contributed by atoms with Gasteiger partial charge in [0.15, 0.2) is 0 Å². The van der Waals surface area contributed by atoms with E-state index >= 15 is 0 Å². The highest BCUT2D eigenvalue weighted by Gasteiger charge is 2.20. The average Bonchev–Trinajstić information content (AvgIpc) is 3.19. The van der Waals surface area contributed by atoms with E-state index in [9.17, 15) is 14.3 Å². The van der Waals surface area contributed by atoms with Gasteiger partial charge in [-0.2, -0.15) is 0 Å². The normalized spacial score (nSPS) is 14.6. The number of allylic oxidation sites excluding steroid dienone is 16. The van der Waals surface area contributed by atoms with Gasteiger partial charge >= 0.3 is 5.97 Å². The molecule has 0 aliphatic carbocycles. The van der Waals surface area contributed by atoms with Gasteiger partial charge in [-0.3, -0.25) is 9.36 Å². The molecule has 338 valence electrons. The molecule has 0 aliphatic heterocycles. The summed E-state index contributed by atoms with van der Waals surface area (Å²) in [4.78, 5) is 25.0. The Kier molecular flexibility index (Phi) is 40.3. The van der Waals surface area contributed by atoms with Crippen LogP contribution in [-0.4, -0.2) is 70.7 Å². The number of likely N-dealkylation sites (N-methyl/N-ethyl adjacent to an activating group) is 1. The maximum absolute atomic E-state index is 12.6. The van der Waals surface area contributed by atoms with E-state index in [-0.39, 0.29) is 26.2 Å². The zero-order chi connectivity index (χ0) is 43.4. The highest BCUT2D eigenvalue weighted by Crippen LogP contribution is 2.38. The quantitative estimate of drug-likeness (QED) is 0.0199. The monoisotopic (exact) mass is 844 g/mol. The third-order valence-electron chi connectivity index (χ3n) is 9.14. The van der Waals surface area contributed by atoms with Crippen molar-refractivity contribution in [2.45, 2.75) is 161 Å². The van der Waals surface area contributed by atoms with Gasteiger partial charge in [-0.05, 0) is 77.0 Å². The SMILES string of the molecule is CC/C=C\C/C=C\C/C=C\C/C=C\CCCCCCCCCCCCCOCC(COP(=O)([O-])OCC[N+](C)(C)C)OC(=O)CC/C=C\C/C=C\C/C=C\C/C=C\CC. The fourth-order valence-electron chi connectivity index (χ4n) is 5.67. The Morgan fingerprint density at radius 3 is 1.39 bits per heavy atom. The van der Waals surface area contributed by atoms with Gasteiger partial charge in [0.2, 0.25) is 0 Å². The van der Waals surface area contributed by atoms with Gasteiger partial charge in [0, 0.05) is 13.0 Å². The molecule has 0 aromatic carbocycles. The van der Waals surface area contributed by atoms with Crippen LogP contribution >= 0.6 is 7.82 Å². The van der Waals surface area contributed by atoms with Crippen LogP contribution in [-0.2, 0) is 27.9 Å². The summed E-state index contributed by atoms with van der Waals surface area (Å²) in [6, 6.07) is 0. The maximum Gasteiger partial charge on any atom is 0.306 e. The standard InChI is InChI=1S/C50H86NO7P/c1-6-8-10-12-14-16-18-20-21-22-23-24-25-26-27-28-29-30-32-34-36-38-40-42-45-55-47-49(48-57-59(53,54)56-46-44-51(3,4)5)58-50(52)43-41-39-37-35-33-31-19-17-15-13-11-9-7-2/h8-11,14-17,20-21,23-24,31,33,37,39,49H,6-7,12-13,18-19,22,25-30,32,34-36,38,40-48H2,1-5H3/b10-8-,11-9-,16-14-,17-15-,21-20-,24-23-,33-31-,39-37-. The third-order valence-corrected chi connectivity index (χ3v) is 10.1. The van der Waals surface area contributed by atoms with E-state index in [0.29, 0.717) is 24.1 Å². The van der Waals surface area contributed by atoms with Gasteiger partial charge in [-0.25, -0.2) is 0 Å². The Bertz CT molecular complexity index is 1260. The number of esters is 1. The van der Waals surface area contributed by atoms with Crippen molar-refractivity contribution in [1.29, 1.82) is 0 Å². The largest absolute Gasteiger partial charge is 0.756 e. The molecule has 0 bridgehead atoms. The number of rotatable bonds is 41. The van der Waals surface area contributed by atoms with Crippen molar-refractivity contribution in [2.24, 2.45) is 0 Å². The van der Waals surface area contributed by atoms with Crippen molar-refractivity contribution >= 4 is 13.8 Å². The highest BCUT2D eigenvalue weighted by molar-refractivity contribution is 7.45. The van der Waals surface area contributed by atoms with Gasteiger partial charge in [-0.1, -0.05) is 169 Å². The molecule has 0 fully saturated rings. The molecular weight excluding hydrogens is 758 g/mol. The van der Waals surface area contributed by atoms with Gasteiger partial charge in [0.05, 0.1) is 34.4 Å². The van der Waals surface area contributed by atoms with E-state index in [1.165, 1.54) is 64.2 Å². The van der Waals surface area contributed by atoms with Gasteiger partial charge < -0.3 is 27.9 Å². The predicted molar refractivity (Wildman–Crippen MR) is 249 cm³/mol. The molecule has 9 heteroatoms. The number of phosphoric acid groups is 1. The smallest absolute Gasteiger partial charge is 0.306 e. The predicted octanol–water partition coefficient (Wildman–Crippen LogP) is 13.2. The zero-order valence-corrected chi connectivity index (χ0v) is 39.1. The fourth-order valence-corrected chi connectivity index (χ4v) is 6.40. The van der Waals surface area contributed by atoms with E-state index in [1.807, 2.05) is 33.3 Å². The Morgan fingerprint density at radius 1 is 0.525 bits per heavy atom. The lowest BCUT2D eigenvalue weighted by atomic mass is 10.1. The topological polar surface area (TPSA) is 94.1 Å². The molecule has 8 nitrogen and oxygen atoms in total. The number of nitrogens with zero attached hydrogens (tertiary/aromatic N) is 1. The van der Waals surface area contributed by atoms with Crippen molar-refractivity contribution < 1.29 is 37.3 Å². The minimum atomic E-state index is -4.55. The van der Waals surface area contributed by atoms with Crippen molar-refractivity contribution in [3.05, 3.63) is 97.2 Å². The maximum atomic E-state index is 12.6. The van der Waals surface area contributed by atoms with Crippen molar-refractivity contribution in [2.75, 3.05) is 54.1 Å². The van der Waals surface area contributed by atoms with E-state index in [2.05, 4.69) is 98.9 Å². The minimum absolute atomic E-state index is 0.00780. The Morgan fingerprint density at radius 2 is 0.932 bits per heavy atom. The first kappa shape index (κ1) is 56.4. The number of unbranched alkanes of at least 4 members (excludes halogenated alkanes) is 11. The van der Waals surface area contributed by atoms with Gasteiger partial charge in [-0.15, -0.1) is 0 Å². The molecule has 2 unspecified atom stereocenters. The summed E-state index contributed by atoms with van der Waals surface area (Å²) < 4.78 is 34.5. The number of phosphoric ester groups is 1. The lowest BCUT2D eigenvalue weighted by Gasteiger charge is -2.28. The van der Waals surface area contributed by atoms with E-state index in [1.54, 1.807) is 0 Å². The van der Waals surface area contributed by atoms with Crippen LogP contribution < -0.4 is 4.89 Å². The molecular formula is C50H86NO7P. The van der Waals surface area contributed by atoms with E-state index < -0.39 is 19.9 Å². The number of quaternary nitrogens is 1. The first-order chi connectivity index (χ1) is 28.6. The Balaban J connectivity index is 4.22. The minimum Gasteiger partial charge on any atom is -0.756 e. The molecule has 0 heterocycles. The first-order valence-corrected chi connectivity index (χ1v) is 24.4. The molecule has 2 atom stereocenters.